The van der Waals surface area contributed by atoms with Gasteiger partial charge < -0.3 is 5.32 Å². The van der Waals surface area contributed by atoms with Gasteiger partial charge in [-0.05, 0) is 50.6 Å². The first-order valence-electron chi connectivity index (χ1n) is 8.91. The molecule has 0 radical (unpaired) electrons. The van der Waals surface area contributed by atoms with Crippen LogP contribution in [-0.2, 0) is 21.1 Å². The number of amides is 1. The fourth-order valence-corrected chi connectivity index (χ4v) is 4.36. The standard InChI is InChI=1S/C21H22N2O3S2/c1-14(2)28(25,26)19-10-4-16(5-11-19)12-21(24)23-18-8-6-17(7-9-18)20-13-27-15(3)22-20/h4-11,13-14H,12H2,1-3H3,(H,23,24). The first kappa shape index (κ1) is 20.2. The van der Waals surface area contributed by atoms with Crippen molar-refractivity contribution in [2.45, 2.75) is 37.3 Å². The summed E-state index contributed by atoms with van der Waals surface area (Å²) < 4.78 is 24.3. The van der Waals surface area contributed by atoms with Crippen LogP contribution in [0.5, 0.6) is 0 Å². The molecule has 3 aromatic rings. The molecular formula is C21H22N2O3S2. The number of hydrogen-bond donors (Lipinski definition) is 1. The molecule has 28 heavy (non-hydrogen) atoms. The zero-order valence-electron chi connectivity index (χ0n) is 16.0. The SMILES string of the molecule is Cc1nc(-c2ccc(NC(=O)Cc3ccc(S(=O)(=O)C(C)C)cc3)cc2)cs1. The largest absolute Gasteiger partial charge is 0.326 e. The number of carbonyl (C=O) groups excluding carboxylic acids is 1. The van der Waals surface area contributed by atoms with Gasteiger partial charge in [0.1, 0.15) is 0 Å². The first-order chi connectivity index (χ1) is 13.3. The molecule has 0 aliphatic heterocycles. The molecule has 3 rings (SSSR count). The van der Waals surface area contributed by atoms with Crippen LogP contribution in [0.2, 0.25) is 0 Å². The van der Waals surface area contributed by atoms with Gasteiger partial charge >= 0.3 is 0 Å². The molecule has 1 heterocycles. The molecule has 146 valence electrons. The minimum absolute atomic E-state index is 0.156. The summed E-state index contributed by atoms with van der Waals surface area (Å²) in [6.45, 7) is 5.27. The summed E-state index contributed by atoms with van der Waals surface area (Å²) in [5, 5.41) is 5.41. The minimum atomic E-state index is -3.30. The molecule has 0 unspecified atom stereocenters. The Morgan fingerprint density at radius 2 is 1.71 bits per heavy atom. The molecule has 5 nitrogen and oxygen atoms in total. The van der Waals surface area contributed by atoms with E-state index in [-0.39, 0.29) is 17.2 Å². The van der Waals surface area contributed by atoms with Crippen LogP contribution in [0, 0.1) is 6.92 Å². The Morgan fingerprint density at radius 3 is 2.25 bits per heavy atom. The third-order valence-corrected chi connectivity index (χ3v) is 7.26. The summed E-state index contributed by atoms with van der Waals surface area (Å²) in [7, 11) is -3.30. The Morgan fingerprint density at radius 1 is 1.07 bits per heavy atom. The van der Waals surface area contributed by atoms with Gasteiger partial charge in [0.15, 0.2) is 9.84 Å². The molecule has 1 N–H and O–H groups in total. The number of aryl methyl sites for hydroxylation is 1. The number of anilines is 1. The molecule has 0 fully saturated rings. The lowest BCUT2D eigenvalue weighted by Crippen LogP contribution is -2.15. The van der Waals surface area contributed by atoms with Crippen LogP contribution in [-0.4, -0.2) is 24.6 Å². The Bertz CT molecular complexity index is 1070. The van der Waals surface area contributed by atoms with Crippen LogP contribution in [0.1, 0.15) is 24.4 Å². The van der Waals surface area contributed by atoms with Gasteiger partial charge in [-0.25, -0.2) is 13.4 Å². The molecular weight excluding hydrogens is 392 g/mol. The van der Waals surface area contributed by atoms with E-state index in [0.29, 0.717) is 5.69 Å². The highest BCUT2D eigenvalue weighted by atomic mass is 32.2. The van der Waals surface area contributed by atoms with E-state index in [1.54, 1.807) is 49.4 Å². The summed E-state index contributed by atoms with van der Waals surface area (Å²) >= 11 is 1.60. The predicted molar refractivity (Wildman–Crippen MR) is 113 cm³/mol. The number of hydrogen-bond acceptors (Lipinski definition) is 5. The zero-order chi connectivity index (χ0) is 20.3. The van der Waals surface area contributed by atoms with Crippen LogP contribution in [0.15, 0.2) is 58.8 Å². The number of nitrogens with one attached hydrogen (secondary N) is 1. The average Bonchev–Trinajstić information content (AvgIpc) is 3.09. The lowest BCUT2D eigenvalue weighted by atomic mass is 10.1. The van der Waals surface area contributed by atoms with Crippen LogP contribution in [0.3, 0.4) is 0 Å². The summed E-state index contributed by atoms with van der Waals surface area (Å²) in [4.78, 5) is 17.0. The van der Waals surface area contributed by atoms with Crippen molar-refractivity contribution in [2.75, 3.05) is 5.32 Å². The lowest BCUT2D eigenvalue weighted by Gasteiger charge is -2.09. The van der Waals surface area contributed by atoms with Crippen molar-refractivity contribution in [2.24, 2.45) is 0 Å². The molecule has 0 bridgehead atoms. The molecule has 0 spiro atoms. The lowest BCUT2D eigenvalue weighted by molar-refractivity contribution is -0.115. The molecule has 0 aliphatic rings. The molecule has 0 saturated heterocycles. The van der Waals surface area contributed by atoms with Gasteiger partial charge in [-0.1, -0.05) is 24.3 Å². The van der Waals surface area contributed by atoms with Crippen molar-refractivity contribution in [1.29, 1.82) is 0 Å². The fourth-order valence-electron chi connectivity index (χ4n) is 2.68. The van der Waals surface area contributed by atoms with Crippen molar-refractivity contribution in [3.63, 3.8) is 0 Å². The number of nitrogens with zero attached hydrogens (tertiary/aromatic N) is 1. The predicted octanol–water partition coefficient (Wildman–Crippen LogP) is 4.48. The summed E-state index contributed by atoms with van der Waals surface area (Å²) in [5.74, 6) is -0.156. The Labute approximate surface area is 169 Å². The van der Waals surface area contributed by atoms with Crippen molar-refractivity contribution in [1.82, 2.24) is 4.98 Å². The zero-order valence-corrected chi connectivity index (χ0v) is 17.6. The van der Waals surface area contributed by atoms with E-state index in [2.05, 4.69) is 10.3 Å². The summed E-state index contributed by atoms with van der Waals surface area (Å²) in [6.07, 6.45) is 0.176. The third-order valence-electron chi connectivity index (χ3n) is 4.32. The quantitative estimate of drug-likeness (QED) is 0.645. The van der Waals surface area contributed by atoms with Crippen molar-refractivity contribution in [3.05, 3.63) is 64.5 Å². The Kier molecular flexibility index (Phi) is 5.96. The second-order valence-electron chi connectivity index (χ2n) is 6.79. The van der Waals surface area contributed by atoms with E-state index in [9.17, 15) is 13.2 Å². The molecule has 0 aliphatic carbocycles. The maximum atomic E-state index is 12.3. The van der Waals surface area contributed by atoms with E-state index in [1.807, 2.05) is 36.6 Å². The number of benzene rings is 2. The molecule has 0 saturated carbocycles. The molecule has 1 aromatic heterocycles. The second kappa shape index (κ2) is 8.24. The van der Waals surface area contributed by atoms with Crippen molar-refractivity contribution in [3.8, 4) is 11.3 Å². The third kappa shape index (κ3) is 4.66. The van der Waals surface area contributed by atoms with Gasteiger partial charge in [0.2, 0.25) is 5.91 Å². The smallest absolute Gasteiger partial charge is 0.228 e. The topological polar surface area (TPSA) is 76.1 Å². The highest BCUT2D eigenvalue weighted by Crippen LogP contribution is 2.23. The highest BCUT2D eigenvalue weighted by molar-refractivity contribution is 7.92. The molecule has 7 heteroatoms. The van der Waals surface area contributed by atoms with Gasteiger partial charge in [-0.15, -0.1) is 11.3 Å². The van der Waals surface area contributed by atoms with Gasteiger partial charge in [-0.2, -0.15) is 0 Å². The molecule has 2 aromatic carbocycles. The number of aromatic nitrogens is 1. The van der Waals surface area contributed by atoms with Crippen LogP contribution in [0.4, 0.5) is 5.69 Å². The van der Waals surface area contributed by atoms with Crippen LogP contribution in [0.25, 0.3) is 11.3 Å². The van der Waals surface area contributed by atoms with Gasteiger partial charge in [0.25, 0.3) is 0 Å². The first-order valence-corrected chi connectivity index (χ1v) is 11.3. The Balaban J connectivity index is 1.62. The van der Waals surface area contributed by atoms with Crippen LogP contribution < -0.4 is 5.32 Å². The van der Waals surface area contributed by atoms with E-state index < -0.39 is 15.1 Å². The van der Waals surface area contributed by atoms with Crippen molar-refractivity contribution >= 4 is 32.8 Å². The van der Waals surface area contributed by atoms with Gasteiger partial charge in [0.05, 0.1) is 27.3 Å². The van der Waals surface area contributed by atoms with Gasteiger partial charge in [-0.3, -0.25) is 4.79 Å². The van der Waals surface area contributed by atoms with E-state index in [0.717, 1.165) is 21.8 Å². The Hall–Kier alpha value is -2.51. The number of carbonyl (C=O) groups is 1. The van der Waals surface area contributed by atoms with Crippen molar-refractivity contribution < 1.29 is 13.2 Å². The second-order valence-corrected chi connectivity index (χ2v) is 10.4. The minimum Gasteiger partial charge on any atom is -0.326 e. The summed E-state index contributed by atoms with van der Waals surface area (Å²) in [5.41, 5.74) is 3.40. The summed E-state index contributed by atoms with van der Waals surface area (Å²) in [6, 6.07) is 14.0. The van der Waals surface area contributed by atoms with E-state index in [1.165, 1.54) is 0 Å². The maximum Gasteiger partial charge on any atom is 0.228 e. The number of sulfone groups is 1. The number of thiazole rings is 1. The van der Waals surface area contributed by atoms with E-state index >= 15 is 0 Å². The average molecular weight is 415 g/mol. The maximum absolute atomic E-state index is 12.3. The molecule has 1 amide bonds. The van der Waals surface area contributed by atoms with Crippen LogP contribution >= 0.6 is 11.3 Å². The van der Waals surface area contributed by atoms with E-state index in [4.69, 9.17) is 0 Å². The normalized spacial score (nSPS) is 11.6. The number of rotatable bonds is 6. The monoisotopic (exact) mass is 414 g/mol. The highest BCUT2D eigenvalue weighted by Gasteiger charge is 2.18. The molecule has 0 atom stereocenters. The van der Waals surface area contributed by atoms with Gasteiger partial charge in [0, 0.05) is 16.6 Å². The fraction of sp³-hybridized carbons (Fsp3) is 0.238.